The molecule has 2 aliphatic rings. The molecular weight excluding hydrogens is 276 g/mol. The van der Waals surface area contributed by atoms with E-state index in [1.165, 1.54) is 18.4 Å². The van der Waals surface area contributed by atoms with Gasteiger partial charge in [0.25, 0.3) is 0 Å². The van der Waals surface area contributed by atoms with Crippen LogP contribution in [0.2, 0.25) is 0 Å². The zero-order valence-electron chi connectivity index (χ0n) is 13.5. The summed E-state index contributed by atoms with van der Waals surface area (Å²) in [5, 5.41) is 3.17. The van der Waals surface area contributed by atoms with E-state index in [1.807, 2.05) is 12.1 Å². The van der Waals surface area contributed by atoms with Crippen LogP contribution in [0.1, 0.15) is 37.8 Å². The van der Waals surface area contributed by atoms with Gasteiger partial charge in [-0.25, -0.2) is 0 Å². The third-order valence-electron chi connectivity index (χ3n) is 5.00. The van der Waals surface area contributed by atoms with Crippen LogP contribution in [0.4, 0.5) is 0 Å². The molecule has 1 saturated carbocycles. The van der Waals surface area contributed by atoms with Crippen LogP contribution < -0.4 is 10.1 Å². The summed E-state index contributed by atoms with van der Waals surface area (Å²) in [6.07, 6.45) is 3.54. The Morgan fingerprint density at radius 3 is 2.50 bits per heavy atom. The zero-order valence-corrected chi connectivity index (χ0v) is 13.5. The maximum absolute atomic E-state index is 12.1. The Kier molecular flexibility index (Phi) is 4.67. The monoisotopic (exact) mass is 302 g/mol. The van der Waals surface area contributed by atoms with Gasteiger partial charge >= 0.3 is 0 Å². The first-order valence-corrected chi connectivity index (χ1v) is 8.34. The van der Waals surface area contributed by atoms with Crippen molar-refractivity contribution in [1.29, 1.82) is 0 Å². The first kappa shape index (κ1) is 15.3. The van der Waals surface area contributed by atoms with Crippen molar-refractivity contribution in [2.75, 3.05) is 26.7 Å². The van der Waals surface area contributed by atoms with Crippen LogP contribution in [-0.4, -0.2) is 37.6 Å². The lowest BCUT2D eigenvalue weighted by molar-refractivity contribution is -0.122. The molecule has 4 nitrogen and oxygen atoms in total. The quantitative estimate of drug-likeness (QED) is 0.878. The number of amides is 1. The number of carbonyl (C=O) groups excluding carboxylic acids is 1. The molecule has 1 heterocycles. The van der Waals surface area contributed by atoms with Gasteiger partial charge in [0.2, 0.25) is 5.91 Å². The van der Waals surface area contributed by atoms with Gasteiger partial charge in [0.1, 0.15) is 5.75 Å². The van der Waals surface area contributed by atoms with Gasteiger partial charge in [-0.3, -0.25) is 9.69 Å². The van der Waals surface area contributed by atoms with E-state index in [0.717, 1.165) is 25.3 Å². The lowest BCUT2D eigenvalue weighted by Crippen LogP contribution is -2.37. The molecule has 0 radical (unpaired) electrons. The van der Waals surface area contributed by atoms with E-state index < -0.39 is 0 Å². The highest BCUT2D eigenvalue weighted by atomic mass is 16.5. The van der Waals surface area contributed by atoms with Crippen LogP contribution in [0.3, 0.4) is 0 Å². The number of hydrogen-bond acceptors (Lipinski definition) is 3. The van der Waals surface area contributed by atoms with E-state index >= 15 is 0 Å². The molecule has 1 aromatic rings. The summed E-state index contributed by atoms with van der Waals surface area (Å²) in [6, 6.07) is 8.51. The van der Waals surface area contributed by atoms with Crippen LogP contribution in [0.15, 0.2) is 24.3 Å². The smallest absolute Gasteiger partial charge is 0.223 e. The number of hydrogen-bond donors (Lipinski definition) is 1. The van der Waals surface area contributed by atoms with Gasteiger partial charge in [-0.2, -0.15) is 0 Å². The second kappa shape index (κ2) is 6.69. The molecule has 2 fully saturated rings. The Hall–Kier alpha value is -1.55. The maximum Gasteiger partial charge on any atom is 0.223 e. The molecule has 22 heavy (non-hydrogen) atoms. The van der Waals surface area contributed by atoms with Crippen molar-refractivity contribution in [3.05, 3.63) is 29.8 Å². The first-order chi connectivity index (χ1) is 10.7. The molecule has 0 spiro atoms. The fraction of sp³-hybridized carbons (Fsp3) is 0.611. The summed E-state index contributed by atoms with van der Waals surface area (Å²) in [7, 11) is 1.68. The minimum Gasteiger partial charge on any atom is -0.497 e. The predicted molar refractivity (Wildman–Crippen MR) is 86.8 cm³/mol. The van der Waals surface area contributed by atoms with Crippen LogP contribution in [0, 0.1) is 11.8 Å². The molecule has 3 rings (SSSR count). The molecule has 3 atom stereocenters. The van der Waals surface area contributed by atoms with Gasteiger partial charge < -0.3 is 10.1 Å². The predicted octanol–water partition coefficient (Wildman–Crippen LogP) is 2.60. The minimum atomic E-state index is 0.227. The number of ether oxygens (including phenoxy) is 1. The van der Waals surface area contributed by atoms with Gasteiger partial charge in [0.05, 0.1) is 13.2 Å². The zero-order chi connectivity index (χ0) is 15.5. The van der Waals surface area contributed by atoms with Crippen molar-refractivity contribution in [2.45, 2.75) is 32.2 Å². The van der Waals surface area contributed by atoms with E-state index in [0.29, 0.717) is 12.5 Å². The highest BCUT2D eigenvalue weighted by molar-refractivity contribution is 5.81. The first-order valence-electron chi connectivity index (χ1n) is 8.34. The second-order valence-electron chi connectivity index (χ2n) is 6.60. The van der Waals surface area contributed by atoms with E-state index in [2.05, 4.69) is 29.3 Å². The average Bonchev–Trinajstić information content (AvgIpc) is 3.04. The Labute approximate surface area is 132 Å². The highest BCUT2D eigenvalue weighted by Gasteiger charge is 2.39. The summed E-state index contributed by atoms with van der Waals surface area (Å²) < 4.78 is 5.24. The molecule has 0 bridgehead atoms. The summed E-state index contributed by atoms with van der Waals surface area (Å²) in [4.78, 5) is 14.6. The summed E-state index contributed by atoms with van der Waals surface area (Å²) in [6.45, 7) is 5.08. The lowest BCUT2D eigenvalue weighted by Gasteiger charge is -2.28. The third-order valence-corrected chi connectivity index (χ3v) is 5.00. The number of rotatable bonds is 6. The molecule has 1 amide bonds. The van der Waals surface area contributed by atoms with Crippen molar-refractivity contribution in [3.8, 4) is 5.75 Å². The number of benzene rings is 1. The summed E-state index contributed by atoms with van der Waals surface area (Å²) >= 11 is 0. The van der Waals surface area contributed by atoms with E-state index in [9.17, 15) is 4.79 Å². The van der Waals surface area contributed by atoms with Crippen LogP contribution >= 0.6 is 0 Å². The molecule has 1 aromatic carbocycles. The standard InChI is InChI=1S/C18H26N2O2/c1-13-11-16(13)18(21)19-12-17(20-9-3-4-10-20)14-5-7-15(22-2)8-6-14/h5-8,13,16-17H,3-4,9-12H2,1-2H3,(H,19,21)/t13-,16+,17+/m0/s1. The van der Waals surface area contributed by atoms with E-state index in [4.69, 9.17) is 4.74 Å². The molecule has 4 heteroatoms. The molecule has 1 aliphatic heterocycles. The van der Waals surface area contributed by atoms with Gasteiger partial charge in [0, 0.05) is 12.5 Å². The fourth-order valence-electron chi connectivity index (χ4n) is 3.35. The number of nitrogens with zero attached hydrogens (tertiary/aromatic N) is 1. The Morgan fingerprint density at radius 2 is 1.95 bits per heavy atom. The fourth-order valence-corrected chi connectivity index (χ4v) is 3.35. The van der Waals surface area contributed by atoms with E-state index in [1.54, 1.807) is 7.11 Å². The number of nitrogens with one attached hydrogen (secondary N) is 1. The normalized spacial score (nSPS) is 25.7. The van der Waals surface area contributed by atoms with Gasteiger partial charge in [-0.1, -0.05) is 19.1 Å². The second-order valence-corrected chi connectivity index (χ2v) is 6.60. The Morgan fingerprint density at radius 1 is 1.32 bits per heavy atom. The van der Waals surface area contributed by atoms with Crippen LogP contribution in [0.5, 0.6) is 5.75 Å². The number of methoxy groups -OCH3 is 1. The maximum atomic E-state index is 12.1. The van der Waals surface area contributed by atoms with Crippen molar-refractivity contribution in [1.82, 2.24) is 10.2 Å². The lowest BCUT2D eigenvalue weighted by atomic mass is 10.0. The molecule has 1 saturated heterocycles. The number of likely N-dealkylation sites (tertiary alicyclic amines) is 1. The summed E-state index contributed by atoms with van der Waals surface area (Å²) in [5.41, 5.74) is 1.26. The van der Waals surface area contributed by atoms with Gasteiger partial charge in [0.15, 0.2) is 0 Å². The average molecular weight is 302 g/mol. The van der Waals surface area contributed by atoms with Crippen LogP contribution in [0.25, 0.3) is 0 Å². The van der Waals surface area contributed by atoms with E-state index in [-0.39, 0.29) is 17.9 Å². The van der Waals surface area contributed by atoms with Crippen molar-refractivity contribution in [3.63, 3.8) is 0 Å². The Balaban J connectivity index is 1.67. The largest absolute Gasteiger partial charge is 0.497 e. The van der Waals surface area contributed by atoms with Crippen LogP contribution in [-0.2, 0) is 4.79 Å². The third kappa shape index (κ3) is 3.43. The summed E-state index contributed by atoms with van der Waals surface area (Å²) in [5.74, 6) is 1.91. The van der Waals surface area contributed by atoms with Crippen molar-refractivity contribution < 1.29 is 9.53 Å². The number of carbonyl (C=O) groups is 1. The van der Waals surface area contributed by atoms with Crippen molar-refractivity contribution >= 4 is 5.91 Å². The SMILES string of the molecule is COc1ccc([C@@H](CNC(=O)[C@@H]2C[C@@H]2C)N2CCCC2)cc1. The van der Waals surface area contributed by atoms with Gasteiger partial charge in [-0.15, -0.1) is 0 Å². The highest BCUT2D eigenvalue weighted by Crippen LogP contribution is 2.37. The molecular formula is C18H26N2O2. The topological polar surface area (TPSA) is 41.6 Å². The molecule has 1 N–H and O–H groups in total. The molecule has 0 aromatic heterocycles. The molecule has 120 valence electrons. The molecule has 0 unspecified atom stereocenters. The minimum absolute atomic E-state index is 0.227. The van der Waals surface area contributed by atoms with Gasteiger partial charge in [-0.05, 0) is 56.0 Å². The Bertz CT molecular complexity index is 508. The molecule has 1 aliphatic carbocycles. The van der Waals surface area contributed by atoms with Crippen molar-refractivity contribution in [2.24, 2.45) is 11.8 Å².